The molecule has 0 saturated heterocycles. The number of nitrogens with zero attached hydrogens (tertiary/aromatic N) is 1. The van der Waals surface area contributed by atoms with Gasteiger partial charge in [0.05, 0.1) is 12.2 Å². The summed E-state index contributed by atoms with van der Waals surface area (Å²) >= 11 is 0. The van der Waals surface area contributed by atoms with E-state index in [-0.39, 0.29) is 35.5 Å². The smallest absolute Gasteiger partial charge is 0.326 e. The van der Waals surface area contributed by atoms with Crippen molar-refractivity contribution in [3.63, 3.8) is 0 Å². The molecule has 0 radical (unpaired) electrons. The summed E-state index contributed by atoms with van der Waals surface area (Å²) in [5.41, 5.74) is 4.01. The van der Waals surface area contributed by atoms with Crippen molar-refractivity contribution in [3.05, 3.63) is 78.4 Å². The fraction of sp³-hybridized carbons (Fsp3) is 0.323. The van der Waals surface area contributed by atoms with E-state index in [2.05, 4.69) is 5.32 Å². The van der Waals surface area contributed by atoms with E-state index in [0.29, 0.717) is 17.9 Å². The molecular formula is C31H32N2O4. The lowest BCUT2D eigenvalue weighted by atomic mass is 9.86. The number of rotatable bonds is 6. The number of carbonyl (C=O) groups excluding carboxylic acids is 3. The van der Waals surface area contributed by atoms with Gasteiger partial charge in [-0.15, -0.1) is 0 Å². The second kappa shape index (κ2) is 10.6. The number of fused-ring (bicyclic) bond motifs is 1. The highest BCUT2D eigenvalue weighted by Gasteiger charge is 2.36. The van der Waals surface area contributed by atoms with E-state index < -0.39 is 0 Å². The van der Waals surface area contributed by atoms with Gasteiger partial charge >= 0.3 is 6.03 Å². The van der Waals surface area contributed by atoms with Crippen molar-refractivity contribution in [1.82, 2.24) is 0 Å². The molecule has 5 rings (SSSR count). The van der Waals surface area contributed by atoms with Crippen LogP contribution in [0.3, 0.4) is 0 Å². The minimum Gasteiger partial charge on any atom is -0.486 e. The Labute approximate surface area is 217 Å². The minimum atomic E-state index is -0.209. The zero-order valence-corrected chi connectivity index (χ0v) is 21.3. The number of para-hydroxylation sites is 1. The molecule has 190 valence electrons. The Morgan fingerprint density at radius 2 is 1.62 bits per heavy atom. The number of carbonyl (C=O) groups is 3. The summed E-state index contributed by atoms with van der Waals surface area (Å²) < 4.78 is 6.23. The van der Waals surface area contributed by atoms with Crippen molar-refractivity contribution in [2.24, 2.45) is 11.8 Å². The number of nitrogens with one attached hydrogen (secondary N) is 1. The molecule has 1 unspecified atom stereocenters. The summed E-state index contributed by atoms with van der Waals surface area (Å²) in [4.78, 5) is 39.9. The number of benzene rings is 3. The number of amides is 2. The van der Waals surface area contributed by atoms with Crippen LogP contribution in [-0.4, -0.2) is 30.2 Å². The zero-order chi connectivity index (χ0) is 25.9. The van der Waals surface area contributed by atoms with Crippen LogP contribution in [0.5, 0.6) is 5.75 Å². The molecule has 0 bridgehead atoms. The molecule has 3 atom stereocenters. The molecule has 0 spiro atoms. The third kappa shape index (κ3) is 5.15. The van der Waals surface area contributed by atoms with E-state index in [1.807, 2.05) is 79.7 Å². The van der Waals surface area contributed by atoms with Crippen molar-refractivity contribution in [1.29, 1.82) is 0 Å². The van der Waals surface area contributed by atoms with E-state index in [0.717, 1.165) is 48.2 Å². The van der Waals surface area contributed by atoms with Gasteiger partial charge in [0.1, 0.15) is 17.6 Å². The number of anilines is 2. The molecule has 37 heavy (non-hydrogen) atoms. The first-order chi connectivity index (χ1) is 17.9. The molecule has 3 aromatic carbocycles. The Balaban J connectivity index is 1.37. The van der Waals surface area contributed by atoms with E-state index in [4.69, 9.17) is 4.74 Å². The van der Waals surface area contributed by atoms with Crippen molar-refractivity contribution >= 4 is 29.0 Å². The maximum atomic E-state index is 13.1. The van der Waals surface area contributed by atoms with Crippen LogP contribution in [0, 0.1) is 11.8 Å². The SMILES string of the molecule is CCC1CN(C(=O)Nc2ccccc2)c2ccc(-c3ccc(C(=O)[C@@H]4CCC[C@H]4C(C)=O)cc3)cc2O1. The van der Waals surface area contributed by atoms with Gasteiger partial charge in [-0.25, -0.2) is 4.79 Å². The highest BCUT2D eigenvalue weighted by Crippen LogP contribution is 2.39. The molecule has 1 N–H and O–H groups in total. The van der Waals surface area contributed by atoms with Gasteiger partial charge in [0, 0.05) is 23.1 Å². The number of hydrogen-bond acceptors (Lipinski definition) is 4. The quantitative estimate of drug-likeness (QED) is 0.383. The second-order valence-corrected chi connectivity index (χ2v) is 9.93. The average Bonchev–Trinajstić information content (AvgIpc) is 3.43. The maximum absolute atomic E-state index is 13.1. The van der Waals surface area contributed by atoms with Gasteiger partial charge in [-0.05, 0) is 61.6 Å². The Morgan fingerprint density at radius 1 is 0.919 bits per heavy atom. The summed E-state index contributed by atoms with van der Waals surface area (Å²) in [5, 5.41) is 2.97. The predicted molar refractivity (Wildman–Crippen MR) is 145 cm³/mol. The lowest BCUT2D eigenvalue weighted by molar-refractivity contribution is -0.121. The molecule has 0 aromatic heterocycles. The van der Waals surface area contributed by atoms with Crippen molar-refractivity contribution < 1.29 is 19.1 Å². The molecule has 1 saturated carbocycles. The zero-order valence-electron chi connectivity index (χ0n) is 21.3. The number of hydrogen-bond donors (Lipinski definition) is 1. The normalized spacial score (nSPS) is 20.6. The van der Waals surface area contributed by atoms with E-state index in [1.54, 1.807) is 11.8 Å². The third-order valence-corrected chi connectivity index (χ3v) is 7.53. The third-order valence-electron chi connectivity index (χ3n) is 7.53. The first-order valence-electron chi connectivity index (χ1n) is 13.0. The highest BCUT2D eigenvalue weighted by molar-refractivity contribution is 6.03. The van der Waals surface area contributed by atoms with Gasteiger partial charge in [-0.2, -0.15) is 0 Å². The van der Waals surface area contributed by atoms with Crippen LogP contribution in [0.2, 0.25) is 0 Å². The molecule has 6 heteroatoms. The number of Topliss-reactive ketones (excluding diaryl/α,β-unsaturated/α-hetero) is 2. The maximum Gasteiger partial charge on any atom is 0.326 e. The van der Waals surface area contributed by atoms with E-state index in [9.17, 15) is 14.4 Å². The molecule has 1 heterocycles. The van der Waals surface area contributed by atoms with Gasteiger partial charge in [0.25, 0.3) is 0 Å². The second-order valence-electron chi connectivity index (χ2n) is 9.93. The van der Waals surface area contributed by atoms with E-state index >= 15 is 0 Å². The average molecular weight is 497 g/mol. The van der Waals surface area contributed by atoms with Gasteiger partial charge in [-0.1, -0.05) is 61.9 Å². The summed E-state index contributed by atoms with van der Waals surface area (Å²) in [6, 6.07) is 22.6. The topological polar surface area (TPSA) is 75.7 Å². The van der Waals surface area contributed by atoms with Gasteiger partial charge < -0.3 is 10.1 Å². The first-order valence-corrected chi connectivity index (χ1v) is 13.0. The molecule has 1 aliphatic heterocycles. The molecule has 1 aliphatic carbocycles. The molecule has 3 aromatic rings. The van der Waals surface area contributed by atoms with Crippen LogP contribution in [0.25, 0.3) is 11.1 Å². The van der Waals surface area contributed by atoms with E-state index in [1.165, 1.54) is 0 Å². The largest absolute Gasteiger partial charge is 0.486 e. The lowest BCUT2D eigenvalue weighted by Gasteiger charge is -2.35. The Hall–Kier alpha value is -3.93. The van der Waals surface area contributed by atoms with Crippen LogP contribution >= 0.6 is 0 Å². The molecule has 1 fully saturated rings. The first kappa shape index (κ1) is 24.8. The molecule has 6 nitrogen and oxygen atoms in total. The summed E-state index contributed by atoms with van der Waals surface area (Å²) in [6.07, 6.45) is 3.17. The summed E-state index contributed by atoms with van der Waals surface area (Å²) in [7, 11) is 0. The Morgan fingerprint density at radius 3 is 2.32 bits per heavy atom. The lowest BCUT2D eigenvalue weighted by Crippen LogP contribution is -2.45. The standard InChI is InChI=1S/C31H32N2O4/c1-3-25-19-33(31(36)32-24-8-5-4-6-9-24)28-17-16-23(18-29(28)37-25)21-12-14-22(15-13-21)30(35)27-11-7-10-26(27)20(2)34/h4-6,8-9,12-18,25-27H,3,7,10-11,19H2,1-2H3,(H,32,36)/t25?,26-,27+/m0/s1. The van der Waals surface area contributed by atoms with Crippen molar-refractivity contribution in [2.45, 2.75) is 45.6 Å². The Bertz CT molecular complexity index is 1300. The van der Waals surface area contributed by atoms with Crippen LogP contribution in [0.4, 0.5) is 16.2 Å². The van der Waals surface area contributed by atoms with Crippen LogP contribution < -0.4 is 15.0 Å². The monoisotopic (exact) mass is 496 g/mol. The van der Waals surface area contributed by atoms with Gasteiger partial charge in [-0.3, -0.25) is 14.5 Å². The number of ketones is 2. The van der Waals surface area contributed by atoms with Gasteiger partial charge in [0.15, 0.2) is 5.78 Å². The predicted octanol–water partition coefficient (Wildman–Crippen LogP) is 6.75. The molecule has 2 aliphatic rings. The number of urea groups is 1. The van der Waals surface area contributed by atoms with Gasteiger partial charge in [0.2, 0.25) is 0 Å². The fourth-order valence-corrected chi connectivity index (χ4v) is 5.45. The van der Waals surface area contributed by atoms with Crippen LogP contribution in [0.1, 0.15) is 49.9 Å². The Kier molecular flexibility index (Phi) is 7.08. The highest BCUT2D eigenvalue weighted by atomic mass is 16.5. The van der Waals surface area contributed by atoms with Crippen molar-refractivity contribution in [3.8, 4) is 16.9 Å². The van der Waals surface area contributed by atoms with Crippen LogP contribution in [-0.2, 0) is 4.79 Å². The number of ether oxygens (including phenoxy) is 1. The molecular weight excluding hydrogens is 464 g/mol. The summed E-state index contributed by atoms with van der Waals surface area (Å²) in [6.45, 7) is 4.11. The minimum absolute atomic E-state index is 0.0592. The van der Waals surface area contributed by atoms with Crippen LogP contribution in [0.15, 0.2) is 72.8 Å². The molecule has 2 amide bonds. The fourth-order valence-electron chi connectivity index (χ4n) is 5.45. The summed E-state index contributed by atoms with van der Waals surface area (Å²) in [5.74, 6) is 0.467. The van der Waals surface area contributed by atoms with Crippen molar-refractivity contribution in [2.75, 3.05) is 16.8 Å².